The molecule has 0 bridgehead atoms. The summed E-state index contributed by atoms with van der Waals surface area (Å²) in [7, 11) is 1.77. The third kappa shape index (κ3) is 8.48. The average molecular weight is 620 g/mol. The van der Waals surface area contributed by atoms with Crippen molar-refractivity contribution in [2.45, 2.75) is 32.0 Å². The van der Waals surface area contributed by atoms with E-state index >= 15 is 0 Å². The first-order valence-corrected chi connectivity index (χ1v) is 15.6. The van der Waals surface area contributed by atoms with Gasteiger partial charge in [-0.2, -0.15) is 0 Å². The molecule has 1 heterocycles. The van der Waals surface area contributed by atoms with Crippen LogP contribution >= 0.6 is 0 Å². The fraction of sp³-hybridized carbons (Fsp3) is 0.263. The average Bonchev–Trinajstić information content (AvgIpc) is 3.10. The van der Waals surface area contributed by atoms with Gasteiger partial charge in [-0.3, -0.25) is 14.7 Å². The van der Waals surface area contributed by atoms with E-state index in [0.29, 0.717) is 54.4 Å². The summed E-state index contributed by atoms with van der Waals surface area (Å²) in [4.78, 5) is 21.2. The second-order valence-electron chi connectivity index (χ2n) is 11.3. The maximum absolute atomic E-state index is 12.9. The molecule has 0 saturated heterocycles. The van der Waals surface area contributed by atoms with Gasteiger partial charge >= 0.3 is 0 Å². The lowest BCUT2D eigenvalue weighted by atomic mass is 10.0. The first-order valence-electron chi connectivity index (χ1n) is 15.6. The minimum absolute atomic E-state index is 0.0748. The van der Waals surface area contributed by atoms with Gasteiger partial charge in [-0.15, -0.1) is 0 Å². The van der Waals surface area contributed by atoms with Gasteiger partial charge in [0.05, 0.1) is 17.7 Å². The van der Waals surface area contributed by atoms with Gasteiger partial charge in [-0.05, 0) is 66.9 Å². The van der Waals surface area contributed by atoms with Crippen LogP contribution in [-0.2, 0) is 13.0 Å². The number of aliphatic hydroxyl groups excluding tert-OH is 2. The Morgan fingerprint density at radius 3 is 2.26 bits per heavy atom. The van der Waals surface area contributed by atoms with Crippen LogP contribution in [0, 0.1) is 0 Å². The number of nitrogens with zero attached hydrogens (tertiary/aromatic N) is 3. The standard InChI is InChI=1S/C38H41N3O5/c1-3-40(2)38(44)35-16-10-15-34-36(21-22-39-37(34)35)46-33-19-17-28(18-20-33)23-30(26-42)41(24-29-11-6-4-7-12-29)25-31(43)27-45-32-13-8-5-9-14-32/h4-22,30-31,42-43H,3,23-27H2,1-2H3/t30-,31-/m0/s1. The van der Waals surface area contributed by atoms with E-state index in [1.807, 2.05) is 104 Å². The molecule has 4 aromatic carbocycles. The van der Waals surface area contributed by atoms with Crippen LogP contribution in [0.2, 0.25) is 0 Å². The Morgan fingerprint density at radius 2 is 1.57 bits per heavy atom. The molecule has 0 aliphatic carbocycles. The zero-order valence-electron chi connectivity index (χ0n) is 26.3. The molecule has 1 amide bonds. The van der Waals surface area contributed by atoms with Gasteiger partial charge in [-0.25, -0.2) is 0 Å². The minimum Gasteiger partial charge on any atom is -0.491 e. The number of amides is 1. The predicted molar refractivity (Wildman–Crippen MR) is 180 cm³/mol. The molecule has 46 heavy (non-hydrogen) atoms. The first-order chi connectivity index (χ1) is 22.4. The van der Waals surface area contributed by atoms with Crippen LogP contribution in [0.4, 0.5) is 0 Å². The Kier molecular flexibility index (Phi) is 11.3. The zero-order chi connectivity index (χ0) is 32.3. The van der Waals surface area contributed by atoms with Gasteiger partial charge in [0.15, 0.2) is 0 Å². The van der Waals surface area contributed by atoms with Gasteiger partial charge in [0.1, 0.15) is 30.0 Å². The lowest BCUT2D eigenvalue weighted by Crippen LogP contribution is -2.44. The van der Waals surface area contributed by atoms with Crippen molar-refractivity contribution in [3.8, 4) is 17.2 Å². The molecule has 2 N–H and O–H groups in total. The number of fused-ring (bicyclic) bond motifs is 1. The number of aromatic nitrogens is 1. The number of rotatable bonds is 15. The van der Waals surface area contributed by atoms with Gasteiger partial charge in [0.2, 0.25) is 0 Å². The summed E-state index contributed by atoms with van der Waals surface area (Å²) in [5.74, 6) is 1.88. The minimum atomic E-state index is -0.748. The van der Waals surface area contributed by atoms with E-state index in [4.69, 9.17) is 9.47 Å². The van der Waals surface area contributed by atoms with Crippen LogP contribution < -0.4 is 9.47 Å². The predicted octanol–water partition coefficient (Wildman–Crippen LogP) is 5.96. The monoisotopic (exact) mass is 619 g/mol. The molecule has 2 atom stereocenters. The lowest BCUT2D eigenvalue weighted by molar-refractivity contribution is 0.0335. The third-order valence-electron chi connectivity index (χ3n) is 7.99. The summed E-state index contributed by atoms with van der Waals surface area (Å²) in [6.07, 6.45) is 1.48. The first kappa shape index (κ1) is 32.6. The molecule has 5 rings (SSSR count). The van der Waals surface area contributed by atoms with Crippen molar-refractivity contribution >= 4 is 16.8 Å². The largest absolute Gasteiger partial charge is 0.491 e. The highest BCUT2D eigenvalue weighted by Gasteiger charge is 2.22. The summed E-state index contributed by atoms with van der Waals surface area (Å²) in [6.45, 7) is 3.51. The van der Waals surface area contributed by atoms with Crippen molar-refractivity contribution in [2.24, 2.45) is 0 Å². The Hall–Kier alpha value is -4.76. The second kappa shape index (κ2) is 16.0. The topological polar surface area (TPSA) is 95.4 Å². The molecular weight excluding hydrogens is 578 g/mol. The highest BCUT2D eigenvalue weighted by atomic mass is 16.5. The summed E-state index contributed by atoms with van der Waals surface area (Å²) in [5.41, 5.74) is 3.25. The SMILES string of the molecule is CCN(C)C(=O)c1cccc2c(Oc3ccc(C[C@@H](CO)N(Cc4ccccc4)C[C@H](O)COc4ccccc4)cc3)ccnc12. The molecule has 238 valence electrons. The van der Waals surface area contributed by atoms with Gasteiger partial charge in [0, 0.05) is 44.3 Å². The Balaban J connectivity index is 1.29. The number of hydrogen-bond donors (Lipinski definition) is 2. The van der Waals surface area contributed by atoms with Crippen molar-refractivity contribution in [1.29, 1.82) is 0 Å². The smallest absolute Gasteiger partial charge is 0.255 e. The van der Waals surface area contributed by atoms with Crippen LogP contribution in [0.25, 0.3) is 10.9 Å². The van der Waals surface area contributed by atoms with Crippen molar-refractivity contribution in [3.63, 3.8) is 0 Å². The Morgan fingerprint density at radius 1 is 0.848 bits per heavy atom. The third-order valence-corrected chi connectivity index (χ3v) is 7.99. The molecule has 0 spiro atoms. The van der Waals surface area contributed by atoms with E-state index in [2.05, 4.69) is 9.88 Å². The molecule has 8 nitrogen and oxygen atoms in total. The molecule has 0 fully saturated rings. The molecule has 5 aromatic rings. The van der Waals surface area contributed by atoms with E-state index in [9.17, 15) is 15.0 Å². The van der Waals surface area contributed by atoms with Crippen LogP contribution in [-0.4, -0.2) is 76.4 Å². The second-order valence-corrected chi connectivity index (χ2v) is 11.3. The maximum Gasteiger partial charge on any atom is 0.255 e. The molecule has 0 unspecified atom stereocenters. The number of carbonyl (C=O) groups excluding carboxylic acids is 1. The number of pyridine rings is 1. The van der Waals surface area contributed by atoms with E-state index in [1.54, 1.807) is 30.3 Å². The van der Waals surface area contributed by atoms with Crippen molar-refractivity contribution in [3.05, 3.63) is 132 Å². The van der Waals surface area contributed by atoms with Crippen molar-refractivity contribution in [2.75, 3.05) is 33.4 Å². The molecule has 1 aromatic heterocycles. The van der Waals surface area contributed by atoms with Gasteiger partial charge in [-0.1, -0.05) is 66.7 Å². The van der Waals surface area contributed by atoms with Gasteiger partial charge in [0.25, 0.3) is 5.91 Å². The Labute approximate surface area is 270 Å². The number of ether oxygens (including phenoxy) is 2. The van der Waals surface area contributed by atoms with E-state index in [0.717, 1.165) is 16.5 Å². The highest BCUT2D eigenvalue weighted by molar-refractivity contribution is 6.06. The van der Waals surface area contributed by atoms with E-state index in [1.165, 1.54) is 0 Å². The number of carbonyl (C=O) groups is 1. The highest BCUT2D eigenvalue weighted by Crippen LogP contribution is 2.31. The maximum atomic E-state index is 12.9. The number of benzene rings is 4. The fourth-order valence-electron chi connectivity index (χ4n) is 5.36. The number of para-hydroxylation sites is 2. The van der Waals surface area contributed by atoms with E-state index in [-0.39, 0.29) is 25.2 Å². The van der Waals surface area contributed by atoms with Crippen LogP contribution in [0.1, 0.15) is 28.4 Å². The summed E-state index contributed by atoms with van der Waals surface area (Å²) >= 11 is 0. The summed E-state index contributed by atoms with van der Waals surface area (Å²) in [5, 5.41) is 22.2. The lowest BCUT2D eigenvalue weighted by Gasteiger charge is -2.32. The summed E-state index contributed by atoms with van der Waals surface area (Å²) < 4.78 is 12.1. The number of hydrogen-bond acceptors (Lipinski definition) is 7. The van der Waals surface area contributed by atoms with Crippen LogP contribution in [0.5, 0.6) is 17.2 Å². The Bertz CT molecular complexity index is 1680. The van der Waals surface area contributed by atoms with Crippen molar-refractivity contribution < 1.29 is 24.5 Å². The quantitative estimate of drug-likeness (QED) is 0.149. The molecule has 0 radical (unpaired) electrons. The molecular formula is C38H41N3O5. The fourth-order valence-corrected chi connectivity index (χ4v) is 5.36. The number of aliphatic hydroxyl groups is 2. The molecule has 0 aliphatic rings. The normalized spacial score (nSPS) is 12.5. The molecule has 8 heteroatoms. The van der Waals surface area contributed by atoms with Gasteiger partial charge < -0.3 is 24.6 Å². The zero-order valence-corrected chi connectivity index (χ0v) is 26.3. The van der Waals surface area contributed by atoms with Crippen LogP contribution in [0.15, 0.2) is 115 Å². The van der Waals surface area contributed by atoms with E-state index < -0.39 is 6.10 Å². The molecule has 0 saturated carbocycles. The molecule has 0 aliphatic heterocycles. The van der Waals surface area contributed by atoms with Crippen LogP contribution in [0.3, 0.4) is 0 Å². The summed E-state index contributed by atoms with van der Waals surface area (Å²) in [6, 6.07) is 34.4. The van der Waals surface area contributed by atoms with Crippen molar-refractivity contribution in [1.82, 2.24) is 14.8 Å².